The first-order valence-electron chi connectivity index (χ1n) is 14.9. The third-order valence-electron chi connectivity index (χ3n) is 6.76. The summed E-state index contributed by atoms with van der Waals surface area (Å²) in [6.07, 6.45) is 3.00. The maximum Gasteiger partial charge on any atom is 0.408 e. The molecule has 1 rings (SSSR count). The fourth-order valence-electron chi connectivity index (χ4n) is 4.75. The van der Waals surface area contributed by atoms with E-state index in [1.54, 1.807) is 50.8 Å². The van der Waals surface area contributed by atoms with Crippen LogP contribution in [0.15, 0.2) is 18.2 Å². The van der Waals surface area contributed by atoms with Gasteiger partial charge in [0.05, 0.1) is 0 Å². The van der Waals surface area contributed by atoms with Gasteiger partial charge in [-0.15, -0.1) is 0 Å². The number of carbonyl (C=O) groups is 3. The van der Waals surface area contributed by atoms with Crippen molar-refractivity contribution in [3.05, 3.63) is 29.3 Å². The maximum absolute atomic E-state index is 14.5. The predicted molar refractivity (Wildman–Crippen MR) is 161 cm³/mol. The quantitative estimate of drug-likeness (QED) is 0.236. The van der Waals surface area contributed by atoms with Gasteiger partial charge in [-0.3, -0.25) is 9.59 Å². The van der Waals surface area contributed by atoms with Crippen LogP contribution in [0.3, 0.4) is 0 Å². The van der Waals surface area contributed by atoms with Crippen molar-refractivity contribution in [2.45, 2.75) is 138 Å². The summed E-state index contributed by atoms with van der Waals surface area (Å²) in [6.45, 7) is 21.3. The summed E-state index contributed by atoms with van der Waals surface area (Å²) in [5.74, 6) is 0.0291. The number of aromatic hydroxyl groups is 1. The molecule has 0 fully saturated rings. The van der Waals surface area contributed by atoms with E-state index in [-0.39, 0.29) is 35.6 Å². The SMILES string of the molecule is CCCC(C)NC(=O)C(c1ccc(O)c(C)c1)N(C(=O)C(CC(C)C)NC(=O)OC(C)(C)C)C(C)CCC(C)C. The summed E-state index contributed by atoms with van der Waals surface area (Å²) >= 11 is 0. The molecule has 4 unspecified atom stereocenters. The van der Waals surface area contributed by atoms with Crippen molar-refractivity contribution in [3.63, 3.8) is 0 Å². The van der Waals surface area contributed by atoms with Gasteiger partial charge < -0.3 is 25.4 Å². The van der Waals surface area contributed by atoms with Crippen LogP contribution in [0.1, 0.15) is 119 Å². The molecular weight excluding hydrogens is 506 g/mol. The van der Waals surface area contributed by atoms with Crippen LogP contribution in [0, 0.1) is 18.8 Å². The molecule has 1 aromatic rings. The van der Waals surface area contributed by atoms with Crippen molar-refractivity contribution in [2.75, 3.05) is 0 Å². The Morgan fingerprint density at radius 2 is 1.57 bits per heavy atom. The Kier molecular flexibility index (Phi) is 14.0. The zero-order valence-electron chi connectivity index (χ0n) is 26.8. The average molecular weight is 562 g/mol. The second-order valence-corrected chi connectivity index (χ2v) is 13.0. The molecule has 228 valence electrons. The van der Waals surface area contributed by atoms with Crippen LogP contribution < -0.4 is 10.6 Å². The molecule has 3 N–H and O–H groups in total. The molecule has 3 amide bonds. The first kappa shape index (κ1) is 35.3. The van der Waals surface area contributed by atoms with Crippen molar-refractivity contribution < 1.29 is 24.2 Å². The largest absolute Gasteiger partial charge is 0.508 e. The van der Waals surface area contributed by atoms with E-state index in [9.17, 15) is 19.5 Å². The molecule has 0 aliphatic rings. The number of ether oxygens (including phenoxy) is 1. The second kappa shape index (κ2) is 15.9. The zero-order chi connectivity index (χ0) is 30.8. The highest BCUT2D eigenvalue weighted by Gasteiger charge is 2.39. The molecular formula is C32H55N3O5. The molecule has 1 aromatic carbocycles. The Morgan fingerprint density at radius 3 is 2.08 bits per heavy atom. The van der Waals surface area contributed by atoms with Crippen LogP contribution in [0.25, 0.3) is 0 Å². The van der Waals surface area contributed by atoms with E-state index in [0.29, 0.717) is 29.9 Å². The Labute approximate surface area is 242 Å². The molecule has 4 atom stereocenters. The number of aryl methyl sites for hydroxylation is 1. The average Bonchev–Trinajstić information content (AvgIpc) is 2.80. The van der Waals surface area contributed by atoms with Crippen molar-refractivity contribution in [2.24, 2.45) is 11.8 Å². The number of alkyl carbamates (subject to hydrolysis) is 1. The molecule has 0 aliphatic carbocycles. The molecule has 0 spiro atoms. The van der Waals surface area contributed by atoms with Gasteiger partial charge in [0, 0.05) is 12.1 Å². The number of nitrogens with zero attached hydrogens (tertiary/aromatic N) is 1. The number of carbonyl (C=O) groups excluding carboxylic acids is 3. The second-order valence-electron chi connectivity index (χ2n) is 13.0. The monoisotopic (exact) mass is 561 g/mol. The standard InChI is InChI=1S/C32H55N3O5/c1-12-13-23(7)33-29(37)28(25-16-17-27(36)22(6)19-25)35(24(8)15-14-20(2)3)30(38)26(18-21(4)5)34-31(39)40-32(9,10)11/h16-17,19-21,23-24,26,28,36H,12-15,18H2,1-11H3,(H,33,37)(H,34,39). The van der Waals surface area contributed by atoms with Gasteiger partial charge in [0.2, 0.25) is 11.8 Å². The van der Waals surface area contributed by atoms with Crippen LogP contribution in [-0.2, 0) is 14.3 Å². The van der Waals surface area contributed by atoms with Crippen molar-refractivity contribution in [3.8, 4) is 5.75 Å². The fraction of sp³-hybridized carbons (Fsp3) is 0.719. The highest BCUT2D eigenvalue weighted by Crippen LogP contribution is 2.31. The molecule has 0 bridgehead atoms. The minimum absolute atomic E-state index is 0.0764. The lowest BCUT2D eigenvalue weighted by Gasteiger charge is -2.39. The van der Waals surface area contributed by atoms with Crippen LogP contribution in [0.2, 0.25) is 0 Å². The summed E-state index contributed by atoms with van der Waals surface area (Å²) in [7, 11) is 0. The molecule has 40 heavy (non-hydrogen) atoms. The van der Waals surface area contributed by atoms with Gasteiger partial charge >= 0.3 is 6.09 Å². The minimum atomic E-state index is -0.941. The smallest absolute Gasteiger partial charge is 0.408 e. The van der Waals surface area contributed by atoms with Gasteiger partial charge in [0.1, 0.15) is 23.4 Å². The van der Waals surface area contributed by atoms with Crippen molar-refractivity contribution in [1.29, 1.82) is 0 Å². The lowest BCUT2D eigenvalue weighted by Crippen LogP contribution is -2.56. The molecule has 8 nitrogen and oxygen atoms in total. The molecule has 0 radical (unpaired) electrons. The van der Waals surface area contributed by atoms with Crippen molar-refractivity contribution in [1.82, 2.24) is 15.5 Å². The summed E-state index contributed by atoms with van der Waals surface area (Å²) in [6, 6.07) is 2.83. The molecule has 0 heterocycles. The summed E-state index contributed by atoms with van der Waals surface area (Å²) < 4.78 is 5.49. The first-order chi connectivity index (χ1) is 18.5. The van der Waals surface area contributed by atoms with E-state index >= 15 is 0 Å². The normalized spacial score (nSPS) is 14.8. The molecule has 0 saturated carbocycles. The van der Waals surface area contributed by atoms with Crippen LogP contribution >= 0.6 is 0 Å². The van der Waals surface area contributed by atoms with E-state index in [0.717, 1.165) is 19.3 Å². The molecule has 0 saturated heterocycles. The fourth-order valence-corrected chi connectivity index (χ4v) is 4.75. The third kappa shape index (κ3) is 11.8. The van der Waals surface area contributed by atoms with E-state index < -0.39 is 23.8 Å². The number of hydrogen-bond acceptors (Lipinski definition) is 5. The number of benzene rings is 1. The number of hydrogen-bond donors (Lipinski definition) is 3. The van der Waals surface area contributed by atoms with E-state index in [2.05, 4.69) is 31.4 Å². The van der Waals surface area contributed by atoms with Crippen molar-refractivity contribution >= 4 is 17.9 Å². The number of nitrogens with one attached hydrogen (secondary N) is 2. The summed E-state index contributed by atoms with van der Waals surface area (Å²) in [5, 5.41) is 16.1. The summed E-state index contributed by atoms with van der Waals surface area (Å²) in [5.41, 5.74) is 0.507. The van der Waals surface area contributed by atoms with Gasteiger partial charge in [-0.25, -0.2) is 4.79 Å². The first-order valence-corrected chi connectivity index (χ1v) is 14.9. The number of phenolic OH excluding ortho intramolecular Hbond substituents is 1. The van der Waals surface area contributed by atoms with Gasteiger partial charge in [-0.05, 0) is 102 Å². The van der Waals surface area contributed by atoms with Crippen LogP contribution in [0.4, 0.5) is 4.79 Å². The minimum Gasteiger partial charge on any atom is -0.508 e. The molecule has 0 aliphatic heterocycles. The topological polar surface area (TPSA) is 108 Å². The maximum atomic E-state index is 14.5. The Balaban J connectivity index is 3.69. The Hall–Kier alpha value is -2.77. The van der Waals surface area contributed by atoms with Gasteiger partial charge in [0.25, 0.3) is 0 Å². The lowest BCUT2D eigenvalue weighted by molar-refractivity contribution is -0.145. The number of rotatable bonds is 14. The molecule has 8 heteroatoms. The highest BCUT2D eigenvalue weighted by molar-refractivity contribution is 5.92. The lowest BCUT2D eigenvalue weighted by atomic mass is 9.94. The summed E-state index contributed by atoms with van der Waals surface area (Å²) in [4.78, 5) is 42.9. The predicted octanol–water partition coefficient (Wildman–Crippen LogP) is 6.64. The Bertz CT molecular complexity index is 970. The van der Waals surface area contributed by atoms with E-state index in [1.165, 1.54) is 0 Å². The third-order valence-corrected chi connectivity index (χ3v) is 6.76. The van der Waals surface area contributed by atoms with Crippen LogP contribution in [-0.4, -0.2) is 51.6 Å². The number of phenols is 1. The Morgan fingerprint density at radius 1 is 0.950 bits per heavy atom. The van der Waals surface area contributed by atoms with Gasteiger partial charge in [0.15, 0.2) is 0 Å². The molecule has 0 aromatic heterocycles. The highest BCUT2D eigenvalue weighted by atomic mass is 16.6. The van der Waals surface area contributed by atoms with Gasteiger partial charge in [-0.1, -0.05) is 47.1 Å². The van der Waals surface area contributed by atoms with Gasteiger partial charge in [-0.2, -0.15) is 0 Å². The zero-order valence-corrected chi connectivity index (χ0v) is 26.8. The van der Waals surface area contributed by atoms with E-state index in [1.807, 2.05) is 27.7 Å². The number of amides is 3. The van der Waals surface area contributed by atoms with E-state index in [4.69, 9.17) is 4.74 Å². The van der Waals surface area contributed by atoms with Crippen LogP contribution in [0.5, 0.6) is 5.75 Å².